The standard InChI is InChI=1S/C22H18Cl3N5O3S/c1-33-16-8-14(24)7-15(21(31)28-17-4-3-13(23)9-26-17)19(16)29-22(32)20-18(25)12(11-34-20)10-30-6-2-5-27-30/h3-5,7-9,11H,2,6,10H2,1H3,(H,29,32)(H,26,28,31). The van der Waals surface area contributed by atoms with Crippen molar-refractivity contribution < 1.29 is 14.3 Å². The average molecular weight is 539 g/mol. The maximum Gasteiger partial charge on any atom is 0.267 e. The predicted molar refractivity (Wildman–Crippen MR) is 136 cm³/mol. The SMILES string of the molecule is COc1cc(Cl)cc(C(=O)Nc2ccc(Cl)cn2)c1NC(=O)c1scc(CN2CCC=N2)c1Cl. The van der Waals surface area contributed by atoms with Crippen molar-refractivity contribution in [3.63, 3.8) is 0 Å². The van der Waals surface area contributed by atoms with Crippen LogP contribution in [0, 0.1) is 0 Å². The number of pyridine rings is 1. The molecular formula is C22H18Cl3N5O3S. The third kappa shape index (κ3) is 5.44. The van der Waals surface area contributed by atoms with E-state index in [-0.39, 0.29) is 27.8 Å². The van der Waals surface area contributed by atoms with E-state index >= 15 is 0 Å². The van der Waals surface area contributed by atoms with Crippen LogP contribution in [0.5, 0.6) is 5.75 Å². The molecule has 3 heterocycles. The van der Waals surface area contributed by atoms with Crippen molar-refractivity contribution in [2.45, 2.75) is 13.0 Å². The van der Waals surface area contributed by atoms with E-state index in [0.29, 0.717) is 21.5 Å². The van der Waals surface area contributed by atoms with Gasteiger partial charge in [-0.15, -0.1) is 11.3 Å². The average Bonchev–Trinajstić information content (AvgIpc) is 3.46. The Balaban J connectivity index is 1.60. The zero-order chi connectivity index (χ0) is 24.2. The molecule has 2 N–H and O–H groups in total. The molecule has 4 rings (SSSR count). The highest BCUT2D eigenvalue weighted by Gasteiger charge is 2.24. The lowest BCUT2D eigenvalue weighted by atomic mass is 10.1. The fraction of sp³-hybridized carbons (Fsp3) is 0.182. The minimum absolute atomic E-state index is 0.0914. The minimum Gasteiger partial charge on any atom is -0.494 e. The van der Waals surface area contributed by atoms with Gasteiger partial charge in [0, 0.05) is 42.0 Å². The number of thiophene rings is 1. The third-order valence-corrected chi connectivity index (χ3v) is 6.87. The third-order valence-electron chi connectivity index (χ3n) is 4.86. The van der Waals surface area contributed by atoms with Crippen molar-refractivity contribution in [2.24, 2.45) is 5.10 Å². The van der Waals surface area contributed by atoms with E-state index in [2.05, 4.69) is 20.7 Å². The van der Waals surface area contributed by atoms with Crippen molar-refractivity contribution in [3.05, 3.63) is 66.9 Å². The summed E-state index contributed by atoms with van der Waals surface area (Å²) in [5, 5.41) is 14.4. The number of nitrogens with one attached hydrogen (secondary N) is 2. The Morgan fingerprint density at radius 3 is 2.65 bits per heavy atom. The van der Waals surface area contributed by atoms with E-state index < -0.39 is 11.8 Å². The highest BCUT2D eigenvalue weighted by molar-refractivity contribution is 7.13. The van der Waals surface area contributed by atoms with Crippen LogP contribution in [0.1, 0.15) is 32.0 Å². The fourth-order valence-corrected chi connectivity index (χ4v) is 4.81. The molecule has 0 spiro atoms. The van der Waals surface area contributed by atoms with E-state index in [1.54, 1.807) is 12.1 Å². The molecule has 1 aliphatic rings. The van der Waals surface area contributed by atoms with E-state index in [4.69, 9.17) is 39.5 Å². The number of halogens is 3. The molecule has 34 heavy (non-hydrogen) atoms. The number of hydrogen-bond acceptors (Lipinski definition) is 7. The summed E-state index contributed by atoms with van der Waals surface area (Å²) in [6.07, 6.45) is 4.12. The van der Waals surface area contributed by atoms with Gasteiger partial charge in [0.25, 0.3) is 11.8 Å². The molecule has 0 bridgehead atoms. The number of ether oxygens (including phenoxy) is 1. The molecular weight excluding hydrogens is 521 g/mol. The molecule has 0 saturated carbocycles. The molecule has 1 aromatic carbocycles. The number of amides is 2. The molecule has 8 nitrogen and oxygen atoms in total. The first-order valence-electron chi connectivity index (χ1n) is 10.0. The molecule has 12 heteroatoms. The smallest absolute Gasteiger partial charge is 0.267 e. The van der Waals surface area contributed by atoms with E-state index in [1.807, 2.05) is 16.6 Å². The summed E-state index contributed by atoms with van der Waals surface area (Å²) < 4.78 is 5.38. The number of hydrazone groups is 1. The largest absolute Gasteiger partial charge is 0.494 e. The number of carbonyl (C=O) groups is 2. The second-order valence-electron chi connectivity index (χ2n) is 7.18. The number of rotatable bonds is 7. The zero-order valence-electron chi connectivity index (χ0n) is 17.8. The Kier molecular flexibility index (Phi) is 7.57. The molecule has 2 amide bonds. The Bertz CT molecular complexity index is 1260. The highest BCUT2D eigenvalue weighted by Crippen LogP contribution is 2.35. The summed E-state index contributed by atoms with van der Waals surface area (Å²) >= 11 is 19.8. The number of nitrogens with zero attached hydrogens (tertiary/aromatic N) is 3. The van der Waals surface area contributed by atoms with Crippen LogP contribution in [0.3, 0.4) is 0 Å². The molecule has 1 aliphatic heterocycles. The van der Waals surface area contributed by atoms with Gasteiger partial charge in [0.2, 0.25) is 0 Å². The zero-order valence-corrected chi connectivity index (χ0v) is 20.9. The summed E-state index contributed by atoms with van der Waals surface area (Å²) in [5.41, 5.74) is 1.04. The fourth-order valence-electron chi connectivity index (χ4n) is 3.25. The molecule has 0 aliphatic carbocycles. The molecule has 0 radical (unpaired) electrons. The number of carbonyl (C=O) groups excluding carboxylic acids is 2. The normalized spacial score (nSPS) is 12.6. The van der Waals surface area contributed by atoms with Crippen LogP contribution in [0.25, 0.3) is 0 Å². The summed E-state index contributed by atoms with van der Waals surface area (Å²) in [4.78, 5) is 30.5. The van der Waals surface area contributed by atoms with Crippen molar-refractivity contribution in [1.29, 1.82) is 0 Å². The van der Waals surface area contributed by atoms with Crippen molar-refractivity contribution in [3.8, 4) is 5.75 Å². The van der Waals surface area contributed by atoms with Crippen LogP contribution in [0.2, 0.25) is 15.1 Å². The van der Waals surface area contributed by atoms with Gasteiger partial charge >= 0.3 is 0 Å². The van der Waals surface area contributed by atoms with Crippen LogP contribution in [-0.2, 0) is 6.54 Å². The van der Waals surface area contributed by atoms with Crippen LogP contribution in [0.15, 0.2) is 40.9 Å². The number of hydrogen-bond donors (Lipinski definition) is 2. The Labute approximate surface area is 214 Å². The molecule has 3 aromatic rings. The molecule has 2 aromatic heterocycles. The minimum atomic E-state index is -0.546. The van der Waals surface area contributed by atoms with Gasteiger partial charge in [0.15, 0.2) is 0 Å². The summed E-state index contributed by atoms with van der Waals surface area (Å²) in [5.74, 6) is -0.531. The first kappa shape index (κ1) is 24.3. The summed E-state index contributed by atoms with van der Waals surface area (Å²) in [7, 11) is 1.41. The van der Waals surface area contributed by atoms with Crippen molar-refractivity contribution in [2.75, 3.05) is 24.3 Å². The highest BCUT2D eigenvalue weighted by atomic mass is 35.5. The lowest BCUT2D eigenvalue weighted by molar-refractivity contribution is 0.102. The van der Waals surface area contributed by atoms with Crippen molar-refractivity contribution >= 4 is 75.7 Å². The first-order chi connectivity index (χ1) is 16.4. The lowest BCUT2D eigenvalue weighted by Gasteiger charge is -2.16. The van der Waals surface area contributed by atoms with Gasteiger partial charge in [-0.1, -0.05) is 34.8 Å². The van der Waals surface area contributed by atoms with E-state index in [9.17, 15) is 9.59 Å². The molecule has 0 saturated heterocycles. The lowest BCUT2D eigenvalue weighted by Crippen LogP contribution is -2.19. The van der Waals surface area contributed by atoms with Gasteiger partial charge < -0.3 is 15.4 Å². The Morgan fingerprint density at radius 1 is 1.15 bits per heavy atom. The maximum absolute atomic E-state index is 13.1. The molecule has 0 unspecified atom stereocenters. The molecule has 0 atom stereocenters. The Morgan fingerprint density at radius 2 is 1.97 bits per heavy atom. The predicted octanol–water partition coefficient (Wildman–Crippen LogP) is 5.81. The number of aromatic nitrogens is 1. The number of benzene rings is 1. The molecule has 0 fully saturated rings. The van der Waals surface area contributed by atoms with Crippen LogP contribution >= 0.6 is 46.1 Å². The maximum atomic E-state index is 13.1. The van der Waals surface area contributed by atoms with Crippen molar-refractivity contribution in [1.82, 2.24) is 9.99 Å². The van der Waals surface area contributed by atoms with Gasteiger partial charge in [0.05, 0.1) is 35.0 Å². The second-order valence-corrected chi connectivity index (χ2v) is 9.31. The van der Waals surface area contributed by atoms with Gasteiger partial charge in [-0.2, -0.15) is 5.10 Å². The monoisotopic (exact) mass is 537 g/mol. The number of anilines is 2. The second kappa shape index (κ2) is 10.6. The van der Waals surface area contributed by atoms with Gasteiger partial charge in [-0.05, 0) is 23.6 Å². The van der Waals surface area contributed by atoms with Gasteiger partial charge in [0.1, 0.15) is 16.4 Å². The topological polar surface area (TPSA) is 95.9 Å². The van der Waals surface area contributed by atoms with Crippen LogP contribution in [-0.4, -0.2) is 41.7 Å². The van der Waals surface area contributed by atoms with E-state index in [0.717, 1.165) is 18.5 Å². The molecule has 176 valence electrons. The number of methoxy groups -OCH3 is 1. The quantitative estimate of drug-likeness (QED) is 0.396. The van der Waals surface area contributed by atoms with Crippen LogP contribution in [0.4, 0.5) is 11.5 Å². The summed E-state index contributed by atoms with van der Waals surface area (Å²) in [6, 6.07) is 6.08. The summed E-state index contributed by atoms with van der Waals surface area (Å²) in [6.45, 7) is 1.31. The van der Waals surface area contributed by atoms with E-state index in [1.165, 1.54) is 36.8 Å². The first-order valence-corrected chi connectivity index (χ1v) is 12.0. The van der Waals surface area contributed by atoms with Crippen LogP contribution < -0.4 is 15.4 Å². The van der Waals surface area contributed by atoms with Gasteiger partial charge in [-0.3, -0.25) is 14.6 Å². The van der Waals surface area contributed by atoms with Gasteiger partial charge in [-0.25, -0.2) is 4.98 Å². The Hall–Kier alpha value is -2.85.